The number of aliphatic imine (C=N–C) groups is 1. The van der Waals surface area contributed by atoms with E-state index >= 15 is 0 Å². The first-order chi connectivity index (χ1) is 10.9. The number of benzene rings is 1. The molecule has 1 aromatic carbocycles. The lowest BCUT2D eigenvalue weighted by Crippen LogP contribution is -2.32. The Morgan fingerprint density at radius 1 is 1.35 bits per heavy atom. The maximum atomic E-state index is 11.2. The molecule has 5 nitrogen and oxygen atoms in total. The standard InChI is InChI=1S/C17H17BrN2O3/c1-17(2)19-15(14-10-12(18)5-6-16(14)23-17)7-9-22-13-4-3-8-20(21)11-13/h3-6,8,10-11H,7,9H2,1-2H3. The minimum atomic E-state index is -0.596. The zero-order valence-electron chi connectivity index (χ0n) is 13.0. The Morgan fingerprint density at radius 3 is 2.96 bits per heavy atom. The van der Waals surface area contributed by atoms with Crippen LogP contribution in [0.15, 0.2) is 52.2 Å². The van der Waals surface area contributed by atoms with Crippen LogP contribution in [-0.2, 0) is 0 Å². The highest BCUT2D eigenvalue weighted by Gasteiger charge is 2.27. The van der Waals surface area contributed by atoms with Gasteiger partial charge >= 0.3 is 0 Å². The average Bonchev–Trinajstić information content (AvgIpc) is 2.47. The van der Waals surface area contributed by atoms with Crippen molar-refractivity contribution in [3.8, 4) is 11.5 Å². The molecule has 1 aromatic heterocycles. The largest absolute Gasteiger partial charge is 0.619 e. The molecular formula is C17H17BrN2O3. The molecule has 0 radical (unpaired) electrons. The molecule has 0 spiro atoms. The molecule has 0 saturated carbocycles. The third-order valence-electron chi connectivity index (χ3n) is 3.37. The summed E-state index contributed by atoms with van der Waals surface area (Å²) in [6.07, 6.45) is 3.45. The van der Waals surface area contributed by atoms with Crippen molar-refractivity contribution in [2.24, 2.45) is 4.99 Å². The first-order valence-corrected chi connectivity index (χ1v) is 8.11. The molecular weight excluding hydrogens is 360 g/mol. The van der Waals surface area contributed by atoms with Gasteiger partial charge in [0.25, 0.3) is 0 Å². The fourth-order valence-electron chi connectivity index (χ4n) is 2.47. The number of nitrogens with zero attached hydrogens (tertiary/aromatic N) is 2. The van der Waals surface area contributed by atoms with Gasteiger partial charge in [0.2, 0.25) is 6.20 Å². The van der Waals surface area contributed by atoms with Crippen molar-refractivity contribution in [3.63, 3.8) is 0 Å². The van der Waals surface area contributed by atoms with Gasteiger partial charge in [-0.2, -0.15) is 4.73 Å². The fraction of sp³-hybridized carbons (Fsp3) is 0.294. The SMILES string of the molecule is CC1(C)N=C(CCOc2ccc[n+]([O-])c2)c2cc(Br)ccc2O1. The average molecular weight is 377 g/mol. The highest BCUT2D eigenvalue weighted by Crippen LogP contribution is 2.33. The number of pyridine rings is 1. The summed E-state index contributed by atoms with van der Waals surface area (Å²) in [7, 11) is 0. The van der Waals surface area contributed by atoms with E-state index in [2.05, 4.69) is 20.9 Å². The van der Waals surface area contributed by atoms with Crippen LogP contribution in [0.1, 0.15) is 25.8 Å². The predicted octanol–water partition coefficient (Wildman–Crippen LogP) is 3.47. The van der Waals surface area contributed by atoms with E-state index in [1.54, 1.807) is 12.1 Å². The summed E-state index contributed by atoms with van der Waals surface area (Å²) in [6, 6.07) is 9.30. The fourth-order valence-corrected chi connectivity index (χ4v) is 2.83. The summed E-state index contributed by atoms with van der Waals surface area (Å²) >= 11 is 3.48. The van der Waals surface area contributed by atoms with E-state index in [0.717, 1.165) is 26.2 Å². The second kappa shape index (κ2) is 6.20. The molecule has 2 aromatic rings. The minimum absolute atomic E-state index is 0.435. The molecule has 0 unspecified atom stereocenters. The van der Waals surface area contributed by atoms with Crippen molar-refractivity contribution < 1.29 is 14.2 Å². The van der Waals surface area contributed by atoms with Crippen molar-refractivity contribution in [2.45, 2.75) is 26.0 Å². The van der Waals surface area contributed by atoms with E-state index in [1.165, 1.54) is 12.4 Å². The van der Waals surface area contributed by atoms with Gasteiger partial charge in [0.1, 0.15) is 5.75 Å². The number of rotatable bonds is 4. The van der Waals surface area contributed by atoms with Crippen molar-refractivity contribution in [3.05, 3.63) is 58.0 Å². The van der Waals surface area contributed by atoms with Crippen LogP contribution >= 0.6 is 15.9 Å². The molecule has 6 heteroatoms. The maximum absolute atomic E-state index is 11.2. The summed E-state index contributed by atoms with van der Waals surface area (Å²) in [5.41, 5.74) is 1.30. The zero-order valence-corrected chi connectivity index (χ0v) is 14.5. The van der Waals surface area contributed by atoms with E-state index in [4.69, 9.17) is 9.47 Å². The molecule has 0 N–H and O–H groups in total. The lowest BCUT2D eigenvalue weighted by molar-refractivity contribution is -0.605. The Kier molecular flexibility index (Phi) is 4.26. The first kappa shape index (κ1) is 15.8. The van der Waals surface area contributed by atoms with Crippen LogP contribution in [0.5, 0.6) is 11.5 Å². The van der Waals surface area contributed by atoms with Crippen molar-refractivity contribution >= 4 is 21.6 Å². The molecule has 1 aliphatic rings. The molecule has 23 heavy (non-hydrogen) atoms. The van der Waals surface area contributed by atoms with Crippen molar-refractivity contribution in [1.29, 1.82) is 0 Å². The van der Waals surface area contributed by atoms with Crippen LogP contribution in [0.4, 0.5) is 0 Å². The lowest BCUT2D eigenvalue weighted by Gasteiger charge is -2.30. The number of halogens is 1. The summed E-state index contributed by atoms with van der Waals surface area (Å²) in [6.45, 7) is 4.29. The summed E-state index contributed by atoms with van der Waals surface area (Å²) in [5, 5.41) is 11.2. The topological polar surface area (TPSA) is 57.8 Å². The van der Waals surface area contributed by atoms with Gasteiger partial charge in [0.05, 0.1) is 12.3 Å². The van der Waals surface area contributed by atoms with Crippen LogP contribution in [0.3, 0.4) is 0 Å². The Morgan fingerprint density at radius 2 is 2.17 bits per heavy atom. The molecule has 1 aliphatic heterocycles. The molecule has 0 aliphatic carbocycles. The third-order valence-corrected chi connectivity index (χ3v) is 3.87. The Bertz CT molecular complexity index is 759. The van der Waals surface area contributed by atoms with Crippen molar-refractivity contribution in [2.75, 3.05) is 6.61 Å². The van der Waals surface area contributed by atoms with Crippen LogP contribution in [0.2, 0.25) is 0 Å². The quantitative estimate of drug-likeness (QED) is 0.606. The second-order valence-electron chi connectivity index (χ2n) is 5.75. The van der Waals surface area contributed by atoms with Crippen molar-refractivity contribution in [1.82, 2.24) is 0 Å². The van der Waals surface area contributed by atoms with E-state index in [-0.39, 0.29) is 0 Å². The van der Waals surface area contributed by atoms with E-state index < -0.39 is 5.72 Å². The Labute approximate surface area is 143 Å². The summed E-state index contributed by atoms with van der Waals surface area (Å²) < 4.78 is 13.2. The maximum Gasteiger partial charge on any atom is 0.222 e. The molecule has 0 bridgehead atoms. The molecule has 0 amide bonds. The van der Waals surface area contributed by atoms with E-state index in [9.17, 15) is 5.21 Å². The Balaban J connectivity index is 1.76. The van der Waals surface area contributed by atoms with Crippen LogP contribution in [0, 0.1) is 5.21 Å². The van der Waals surface area contributed by atoms with Crippen LogP contribution in [-0.4, -0.2) is 18.0 Å². The third kappa shape index (κ3) is 3.82. The van der Waals surface area contributed by atoms with Gasteiger partial charge < -0.3 is 14.7 Å². The smallest absolute Gasteiger partial charge is 0.222 e. The molecule has 2 heterocycles. The van der Waals surface area contributed by atoms with Gasteiger partial charge in [-0.1, -0.05) is 15.9 Å². The van der Waals surface area contributed by atoms with Gasteiger partial charge in [-0.05, 0) is 38.1 Å². The number of hydrogen-bond acceptors (Lipinski definition) is 4. The minimum Gasteiger partial charge on any atom is -0.619 e. The molecule has 0 atom stereocenters. The number of ether oxygens (including phenoxy) is 2. The number of hydrogen-bond donors (Lipinski definition) is 0. The van der Waals surface area contributed by atoms with Crippen LogP contribution < -0.4 is 14.2 Å². The molecule has 120 valence electrons. The molecule has 0 saturated heterocycles. The summed E-state index contributed by atoms with van der Waals surface area (Å²) in [4.78, 5) is 4.67. The number of aromatic nitrogens is 1. The Hall–Kier alpha value is -2.08. The molecule has 0 fully saturated rings. The van der Waals surface area contributed by atoms with E-state index in [0.29, 0.717) is 18.8 Å². The van der Waals surface area contributed by atoms with E-state index in [1.807, 2.05) is 32.0 Å². The number of fused-ring (bicyclic) bond motifs is 1. The van der Waals surface area contributed by atoms with Gasteiger partial charge in [-0.3, -0.25) is 0 Å². The second-order valence-corrected chi connectivity index (χ2v) is 6.66. The summed E-state index contributed by atoms with van der Waals surface area (Å²) in [5.74, 6) is 1.36. The predicted molar refractivity (Wildman–Crippen MR) is 90.9 cm³/mol. The molecule has 3 rings (SSSR count). The monoisotopic (exact) mass is 376 g/mol. The zero-order chi connectivity index (χ0) is 16.4. The highest BCUT2D eigenvalue weighted by molar-refractivity contribution is 9.10. The van der Waals surface area contributed by atoms with Gasteiger partial charge in [-0.25, -0.2) is 4.99 Å². The van der Waals surface area contributed by atoms with Crippen LogP contribution in [0.25, 0.3) is 0 Å². The normalized spacial score (nSPS) is 15.3. The first-order valence-electron chi connectivity index (χ1n) is 7.32. The highest BCUT2D eigenvalue weighted by atomic mass is 79.9. The lowest BCUT2D eigenvalue weighted by atomic mass is 10.0. The van der Waals surface area contributed by atoms with Gasteiger partial charge in [-0.15, -0.1) is 0 Å². The van der Waals surface area contributed by atoms with Gasteiger partial charge in [0.15, 0.2) is 17.7 Å². The van der Waals surface area contributed by atoms with Gasteiger partial charge in [0, 0.05) is 22.5 Å².